The van der Waals surface area contributed by atoms with E-state index in [1.807, 2.05) is 0 Å². The Kier molecular flexibility index (Phi) is 2.97. The molecular weight excluding hydrogens is 183 g/mol. The Morgan fingerprint density at radius 2 is 2.21 bits per heavy atom. The predicted molar refractivity (Wildman–Crippen MR) is 48.8 cm³/mol. The predicted octanol–water partition coefficient (Wildman–Crippen LogP) is -1.16. The second kappa shape index (κ2) is 4.00. The smallest absolute Gasteiger partial charge is 0.423 e. The summed E-state index contributed by atoms with van der Waals surface area (Å²) in [6.45, 7) is 1.29. The first-order valence-corrected chi connectivity index (χ1v) is 3.83. The molecule has 0 saturated heterocycles. The molecule has 0 aliphatic carbocycles. The quantitative estimate of drug-likeness (QED) is 0.452. The summed E-state index contributed by atoms with van der Waals surface area (Å²) < 4.78 is 0. The molecule has 0 unspecified atom stereocenters. The molecule has 1 aromatic heterocycles. The van der Waals surface area contributed by atoms with Crippen LogP contribution < -0.4 is 5.46 Å². The lowest BCUT2D eigenvalue weighted by Crippen LogP contribution is -2.31. The highest BCUT2D eigenvalue weighted by Crippen LogP contribution is 1.98. The van der Waals surface area contributed by atoms with Crippen LogP contribution in [0.5, 0.6) is 0 Å². The number of Topliss-reactive ketones (excluding diaryl/α,β-unsaturated/α-hetero) is 1. The van der Waals surface area contributed by atoms with Gasteiger partial charge in [0.1, 0.15) is 17.5 Å². The fourth-order valence-corrected chi connectivity index (χ4v) is 0.938. The summed E-state index contributed by atoms with van der Waals surface area (Å²) in [4.78, 5) is 14.7. The van der Waals surface area contributed by atoms with Crippen molar-refractivity contribution in [2.24, 2.45) is 0 Å². The second-order valence-corrected chi connectivity index (χ2v) is 2.71. The van der Waals surface area contributed by atoms with Crippen molar-refractivity contribution in [2.75, 3.05) is 0 Å². The molecule has 2 N–H and O–H groups in total. The molecule has 70 valence electrons. The summed E-state index contributed by atoms with van der Waals surface area (Å²) in [7, 11) is -1.71. The van der Waals surface area contributed by atoms with Crippen LogP contribution in [0.15, 0.2) is 12.1 Å². The number of hydrogen-bond acceptors (Lipinski definition) is 5. The minimum absolute atomic E-state index is 0.0131. The van der Waals surface area contributed by atoms with E-state index >= 15 is 0 Å². The van der Waals surface area contributed by atoms with Crippen molar-refractivity contribution < 1.29 is 14.8 Å². The monoisotopic (exact) mass is 190 g/mol. The maximum absolute atomic E-state index is 11.0. The third kappa shape index (κ3) is 2.16. The van der Waals surface area contributed by atoms with Crippen molar-refractivity contribution in [3.8, 4) is 6.07 Å². The maximum Gasteiger partial charge on any atom is 0.488 e. The van der Waals surface area contributed by atoms with Crippen LogP contribution in [0.4, 0.5) is 0 Å². The molecule has 1 rings (SSSR count). The first-order valence-electron chi connectivity index (χ1n) is 3.83. The number of carbonyl (C=O) groups is 1. The number of carbonyl (C=O) groups excluding carboxylic acids is 1. The van der Waals surface area contributed by atoms with Gasteiger partial charge in [-0.05, 0) is 17.6 Å². The Labute approximate surface area is 80.8 Å². The van der Waals surface area contributed by atoms with Crippen LogP contribution in [0, 0.1) is 11.3 Å². The largest absolute Gasteiger partial charge is 0.488 e. The first kappa shape index (κ1) is 10.4. The van der Waals surface area contributed by atoms with Crippen molar-refractivity contribution >= 4 is 18.4 Å². The number of nitriles is 1. The number of rotatable bonds is 2. The van der Waals surface area contributed by atoms with Gasteiger partial charge in [0.05, 0.1) is 0 Å². The maximum atomic E-state index is 11.0. The molecule has 0 aromatic carbocycles. The van der Waals surface area contributed by atoms with E-state index in [-0.39, 0.29) is 22.6 Å². The first-order chi connectivity index (χ1) is 6.54. The molecule has 0 amide bonds. The van der Waals surface area contributed by atoms with Gasteiger partial charge in [-0.25, -0.2) is 4.98 Å². The zero-order chi connectivity index (χ0) is 10.7. The highest BCUT2D eigenvalue weighted by atomic mass is 16.4. The lowest BCUT2D eigenvalue weighted by atomic mass is 9.80. The summed E-state index contributed by atoms with van der Waals surface area (Å²) in [5, 5.41) is 26.3. The van der Waals surface area contributed by atoms with E-state index in [0.29, 0.717) is 0 Å². The highest BCUT2D eigenvalue weighted by molar-refractivity contribution is 6.58. The third-order valence-electron chi connectivity index (χ3n) is 1.62. The molecule has 1 heterocycles. The van der Waals surface area contributed by atoms with Gasteiger partial charge >= 0.3 is 7.12 Å². The molecule has 0 spiro atoms. The lowest BCUT2D eigenvalue weighted by molar-refractivity contribution is 0.101. The standard InChI is InChI=1S/C8H7BN2O3/c1-5(12)8-3-6(9(13)14)2-7(4-10)11-8/h2-3,13-14H,1H3. The Morgan fingerprint density at radius 3 is 2.64 bits per heavy atom. The summed E-state index contributed by atoms with van der Waals surface area (Å²) in [6, 6.07) is 4.20. The molecule has 5 nitrogen and oxygen atoms in total. The molecule has 0 fully saturated rings. The van der Waals surface area contributed by atoms with Crippen LogP contribution in [0.2, 0.25) is 0 Å². The molecule has 14 heavy (non-hydrogen) atoms. The molecule has 6 heteroatoms. The average molecular weight is 190 g/mol. The normalized spacial score (nSPS) is 9.29. The van der Waals surface area contributed by atoms with Crippen LogP contribution in [0.3, 0.4) is 0 Å². The van der Waals surface area contributed by atoms with Gasteiger partial charge in [-0.2, -0.15) is 5.26 Å². The van der Waals surface area contributed by atoms with Gasteiger partial charge in [0.25, 0.3) is 0 Å². The van der Waals surface area contributed by atoms with Crippen molar-refractivity contribution in [1.82, 2.24) is 4.98 Å². The van der Waals surface area contributed by atoms with E-state index in [4.69, 9.17) is 15.3 Å². The van der Waals surface area contributed by atoms with E-state index in [0.717, 1.165) is 0 Å². The molecule has 0 atom stereocenters. The van der Waals surface area contributed by atoms with Crippen LogP contribution >= 0.6 is 0 Å². The number of nitrogens with zero attached hydrogens (tertiary/aromatic N) is 2. The SMILES string of the molecule is CC(=O)c1cc(B(O)O)cc(C#N)n1. The van der Waals surface area contributed by atoms with E-state index in [9.17, 15) is 4.79 Å². The van der Waals surface area contributed by atoms with Crippen LogP contribution in [0.25, 0.3) is 0 Å². The van der Waals surface area contributed by atoms with E-state index in [2.05, 4.69) is 4.98 Å². The second-order valence-electron chi connectivity index (χ2n) is 2.71. The van der Waals surface area contributed by atoms with Gasteiger partial charge in [-0.15, -0.1) is 0 Å². The Morgan fingerprint density at radius 1 is 1.57 bits per heavy atom. The number of hydrogen-bond donors (Lipinski definition) is 2. The number of pyridine rings is 1. The topological polar surface area (TPSA) is 94.2 Å². The Balaban J connectivity index is 3.29. The molecule has 0 radical (unpaired) electrons. The van der Waals surface area contributed by atoms with Gasteiger partial charge in [0, 0.05) is 6.92 Å². The molecular formula is C8H7BN2O3. The number of aromatic nitrogens is 1. The Bertz CT molecular complexity index is 412. The summed E-state index contributed by atoms with van der Waals surface area (Å²) >= 11 is 0. The van der Waals surface area contributed by atoms with Crippen LogP contribution in [0.1, 0.15) is 23.1 Å². The fraction of sp³-hybridized carbons (Fsp3) is 0.125. The molecule has 0 bridgehead atoms. The molecule has 0 aliphatic rings. The average Bonchev–Trinajstić information content (AvgIpc) is 2.16. The van der Waals surface area contributed by atoms with Gasteiger partial charge in [0.2, 0.25) is 0 Å². The summed E-state index contributed by atoms with van der Waals surface area (Å²) in [5.41, 5.74) is 0.120. The molecule has 0 saturated carbocycles. The van der Waals surface area contributed by atoms with E-state index < -0.39 is 7.12 Å². The van der Waals surface area contributed by atoms with Crippen molar-refractivity contribution in [3.63, 3.8) is 0 Å². The molecule has 0 aliphatic heterocycles. The zero-order valence-electron chi connectivity index (χ0n) is 7.43. The van der Waals surface area contributed by atoms with Gasteiger partial charge < -0.3 is 10.0 Å². The third-order valence-corrected chi connectivity index (χ3v) is 1.62. The van der Waals surface area contributed by atoms with Crippen molar-refractivity contribution in [3.05, 3.63) is 23.5 Å². The van der Waals surface area contributed by atoms with Crippen molar-refractivity contribution in [2.45, 2.75) is 6.92 Å². The van der Waals surface area contributed by atoms with Crippen molar-refractivity contribution in [1.29, 1.82) is 5.26 Å². The minimum atomic E-state index is -1.71. The Hall–Kier alpha value is -1.71. The van der Waals surface area contributed by atoms with E-state index in [1.165, 1.54) is 19.1 Å². The summed E-state index contributed by atoms with van der Waals surface area (Å²) in [5.74, 6) is -0.330. The van der Waals surface area contributed by atoms with Crippen LogP contribution in [-0.2, 0) is 0 Å². The van der Waals surface area contributed by atoms with Crippen LogP contribution in [-0.4, -0.2) is 27.9 Å². The van der Waals surface area contributed by atoms with Gasteiger partial charge in [0.15, 0.2) is 5.78 Å². The fourth-order valence-electron chi connectivity index (χ4n) is 0.938. The van der Waals surface area contributed by atoms with E-state index in [1.54, 1.807) is 6.07 Å². The minimum Gasteiger partial charge on any atom is -0.423 e. The van der Waals surface area contributed by atoms with Gasteiger partial charge in [-0.1, -0.05) is 0 Å². The number of ketones is 1. The lowest BCUT2D eigenvalue weighted by Gasteiger charge is -2.01. The van der Waals surface area contributed by atoms with Gasteiger partial charge in [-0.3, -0.25) is 4.79 Å². The summed E-state index contributed by atoms with van der Waals surface area (Å²) in [6.07, 6.45) is 0. The molecule has 1 aromatic rings. The highest BCUT2D eigenvalue weighted by Gasteiger charge is 2.15. The zero-order valence-corrected chi connectivity index (χ0v) is 7.43.